The monoisotopic (exact) mass is 360 g/mol. The standard InChI is InChI=1S/C19H28N4O3/c1-3-23(19(26)14-22-11-5-4-6-12-22)13-18(25)21-17-9-7-16(8-10-17)20-15(2)24/h7-10H,3-6,11-14H2,1-2H3,(H,20,24)(H,21,25). The molecule has 26 heavy (non-hydrogen) atoms. The van der Waals surface area contributed by atoms with Crippen molar-refractivity contribution in [3.8, 4) is 0 Å². The SMILES string of the molecule is CCN(CC(=O)Nc1ccc(NC(C)=O)cc1)C(=O)CN1CCCCC1. The first-order valence-electron chi connectivity index (χ1n) is 9.15. The first kappa shape index (κ1) is 19.9. The minimum absolute atomic E-state index is 0.00874. The van der Waals surface area contributed by atoms with Crippen LogP contribution in [0.3, 0.4) is 0 Å². The molecule has 0 atom stereocenters. The highest BCUT2D eigenvalue weighted by Crippen LogP contribution is 2.13. The van der Waals surface area contributed by atoms with E-state index >= 15 is 0 Å². The molecule has 142 valence electrons. The van der Waals surface area contributed by atoms with E-state index in [1.807, 2.05) is 6.92 Å². The number of carbonyl (C=O) groups is 3. The maximum Gasteiger partial charge on any atom is 0.243 e. The van der Waals surface area contributed by atoms with Crippen molar-refractivity contribution >= 4 is 29.1 Å². The number of anilines is 2. The van der Waals surface area contributed by atoms with E-state index in [2.05, 4.69) is 15.5 Å². The highest BCUT2D eigenvalue weighted by molar-refractivity contribution is 5.95. The molecule has 7 nitrogen and oxygen atoms in total. The molecule has 7 heteroatoms. The van der Waals surface area contributed by atoms with Crippen LogP contribution in [-0.4, -0.2) is 60.2 Å². The van der Waals surface area contributed by atoms with Gasteiger partial charge in [0.15, 0.2) is 0 Å². The van der Waals surface area contributed by atoms with Gasteiger partial charge in [-0.05, 0) is 57.1 Å². The molecular weight excluding hydrogens is 332 g/mol. The third-order valence-electron chi connectivity index (χ3n) is 4.37. The summed E-state index contributed by atoms with van der Waals surface area (Å²) in [5.41, 5.74) is 1.30. The summed E-state index contributed by atoms with van der Waals surface area (Å²) in [6.45, 7) is 6.15. The number of hydrogen-bond acceptors (Lipinski definition) is 4. The van der Waals surface area contributed by atoms with Crippen molar-refractivity contribution in [2.75, 3.05) is 43.4 Å². The number of rotatable bonds is 7. The normalized spacial score (nSPS) is 14.5. The maximum absolute atomic E-state index is 12.4. The number of hydrogen-bond donors (Lipinski definition) is 2. The Hall–Kier alpha value is -2.41. The van der Waals surface area contributed by atoms with Gasteiger partial charge in [-0.3, -0.25) is 19.3 Å². The molecule has 1 aliphatic rings. The second-order valence-electron chi connectivity index (χ2n) is 6.55. The van der Waals surface area contributed by atoms with E-state index in [4.69, 9.17) is 0 Å². The summed E-state index contributed by atoms with van der Waals surface area (Å²) in [5.74, 6) is -0.385. The van der Waals surface area contributed by atoms with Gasteiger partial charge in [-0.2, -0.15) is 0 Å². The van der Waals surface area contributed by atoms with E-state index in [0.717, 1.165) is 25.9 Å². The molecule has 2 N–H and O–H groups in total. The van der Waals surface area contributed by atoms with Crippen LogP contribution in [0.25, 0.3) is 0 Å². The van der Waals surface area contributed by atoms with Gasteiger partial charge in [-0.25, -0.2) is 0 Å². The number of benzene rings is 1. The smallest absolute Gasteiger partial charge is 0.243 e. The molecule has 1 aliphatic heterocycles. The molecule has 1 aromatic carbocycles. The van der Waals surface area contributed by atoms with E-state index in [9.17, 15) is 14.4 Å². The number of nitrogens with one attached hydrogen (secondary N) is 2. The van der Waals surface area contributed by atoms with Crippen molar-refractivity contribution < 1.29 is 14.4 Å². The molecule has 0 radical (unpaired) electrons. The summed E-state index contributed by atoms with van der Waals surface area (Å²) >= 11 is 0. The van der Waals surface area contributed by atoms with Crippen LogP contribution < -0.4 is 10.6 Å². The number of likely N-dealkylation sites (N-methyl/N-ethyl adjacent to an activating group) is 1. The Morgan fingerprint density at radius 2 is 1.58 bits per heavy atom. The molecule has 0 bridgehead atoms. The lowest BCUT2D eigenvalue weighted by Crippen LogP contribution is -2.44. The van der Waals surface area contributed by atoms with E-state index in [1.165, 1.54) is 13.3 Å². The van der Waals surface area contributed by atoms with Gasteiger partial charge in [0.2, 0.25) is 17.7 Å². The summed E-state index contributed by atoms with van der Waals surface area (Å²) in [7, 11) is 0. The molecule has 0 aliphatic carbocycles. The zero-order valence-electron chi connectivity index (χ0n) is 15.6. The largest absolute Gasteiger partial charge is 0.333 e. The maximum atomic E-state index is 12.4. The molecule has 1 heterocycles. The van der Waals surface area contributed by atoms with E-state index in [1.54, 1.807) is 29.2 Å². The summed E-state index contributed by atoms with van der Waals surface area (Å²) in [4.78, 5) is 39.4. The lowest BCUT2D eigenvalue weighted by Gasteiger charge is -2.28. The summed E-state index contributed by atoms with van der Waals surface area (Å²) < 4.78 is 0. The fourth-order valence-corrected chi connectivity index (χ4v) is 3.00. The van der Waals surface area contributed by atoms with Crippen LogP contribution in [-0.2, 0) is 14.4 Å². The Balaban J connectivity index is 1.83. The van der Waals surface area contributed by atoms with Gasteiger partial charge in [-0.1, -0.05) is 6.42 Å². The predicted octanol–water partition coefficient (Wildman–Crippen LogP) is 1.92. The van der Waals surface area contributed by atoms with Crippen molar-refractivity contribution in [2.45, 2.75) is 33.1 Å². The Kier molecular flexibility index (Phi) is 7.59. The lowest BCUT2D eigenvalue weighted by atomic mass is 10.1. The molecule has 0 saturated carbocycles. The molecular formula is C19H28N4O3. The molecule has 0 aromatic heterocycles. The van der Waals surface area contributed by atoms with Gasteiger partial charge in [0.25, 0.3) is 0 Å². The highest BCUT2D eigenvalue weighted by atomic mass is 16.2. The first-order chi connectivity index (χ1) is 12.5. The summed E-state index contributed by atoms with van der Waals surface area (Å²) in [5, 5.41) is 5.46. The minimum atomic E-state index is -0.230. The molecule has 1 aromatic rings. The van der Waals surface area contributed by atoms with Crippen molar-refractivity contribution in [3.05, 3.63) is 24.3 Å². The Labute approximate surface area is 154 Å². The summed E-state index contributed by atoms with van der Waals surface area (Å²) in [6, 6.07) is 6.87. The van der Waals surface area contributed by atoms with Gasteiger partial charge in [-0.15, -0.1) is 0 Å². The average Bonchev–Trinajstić information content (AvgIpc) is 2.61. The molecule has 3 amide bonds. The van der Waals surface area contributed by atoms with Crippen LogP contribution in [0.2, 0.25) is 0 Å². The fourth-order valence-electron chi connectivity index (χ4n) is 3.00. The van der Waals surface area contributed by atoms with Crippen LogP contribution in [0.15, 0.2) is 24.3 Å². The Morgan fingerprint density at radius 3 is 2.12 bits per heavy atom. The second kappa shape index (κ2) is 9.91. The minimum Gasteiger partial charge on any atom is -0.333 e. The molecule has 1 saturated heterocycles. The molecule has 0 spiro atoms. The topological polar surface area (TPSA) is 81.8 Å². The van der Waals surface area contributed by atoms with Gasteiger partial charge < -0.3 is 15.5 Å². The second-order valence-corrected chi connectivity index (χ2v) is 6.55. The van der Waals surface area contributed by atoms with Crippen LogP contribution in [0.4, 0.5) is 11.4 Å². The zero-order valence-corrected chi connectivity index (χ0v) is 15.6. The van der Waals surface area contributed by atoms with E-state index in [0.29, 0.717) is 24.5 Å². The number of piperidine rings is 1. The number of amides is 3. The van der Waals surface area contributed by atoms with Crippen LogP contribution >= 0.6 is 0 Å². The zero-order chi connectivity index (χ0) is 18.9. The van der Waals surface area contributed by atoms with Gasteiger partial charge >= 0.3 is 0 Å². The van der Waals surface area contributed by atoms with Crippen molar-refractivity contribution in [2.24, 2.45) is 0 Å². The van der Waals surface area contributed by atoms with Crippen molar-refractivity contribution in [1.82, 2.24) is 9.80 Å². The van der Waals surface area contributed by atoms with Crippen LogP contribution in [0.1, 0.15) is 33.1 Å². The first-order valence-corrected chi connectivity index (χ1v) is 9.15. The Morgan fingerprint density at radius 1 is 1.00 bits per heavy atom. The molecule has 2 rings (SSSR count). The number of likely N-dealkylation sites (tertiary alicyclic amines) is 1. The van der Waals surface area contributed by atoms with Gasteiger partial charge in [0, 0.05) is 24.8 Å². The summed E-state index contributed by atoms with van der Waals surface area (Å²) in [6.07, 6.45) is 3.49. The van der Waals surface area contributed by atoms with Crippen LogP contribution in [0, 0.1) is 0 Å². The fraction of sp³-hybridized carbons (Fsp3) is 0.526. The molecule has 1 fully saturated rings. The Bertz CT molecular complexity index is 624. The van der Waals surface area contributed by atoms with E-state index in [-0.39, 0.29) is 24.3 Å². The third-order valence-corrected chi connectivity index (χ3v) is 4.37. The quantitative estimate of drug-likeness (QED) is 0.778. The predicted molar refractivity (Wildman–Crippen MR) is 102 cm³/mol. The molecule has 0 unspecified atom stereocenters. The number of nitrogens with zero attached hydrogens (tertiary/aromatic N) is 2. The third kappa shape index (κ3) is 6.48. The van der Waals surface area contributed by atoms with Gasteiger partial charge in [0.1, 0.15) is 0 Å². The highest BCUT2D eigenvalue weighted by Gasteiger charge is 2.20. The average molecular weight is 360 g/mol. The van der Waals surface area contributed by atoms with Crippen molar-refractivity contribution in [1.29, 1.82) is 0 Å². The van der Waals surface area contributed by atoms with Crippen molar-refractivity contribution in [3.63, 3.8) is 0 Å². The van der Waals surface area contributed by atoms with Crippen LogP contribution in [0.5, 0.6) is 0 Å². The van der Waals surface area contributed by atoms with Gasteiger partial charge in [0.05, 0.1) is 13.1 Å². The number of carbonyl (C=O) groups excluding carboxylic acids is 3. The lowest BCUT2D eigenvalue weighted by molar-refractivity contribution is -0.135. The van der Waals surface area contributed by atoms with E-state index < -0.39 is 0 Å².